The Morgan fingerprint density at radius 1 is 1.10 bits per heavy atom. The highest BCUT2D eigenvalue weighted by Crippen LogP contribution is 2.25. The molecule has 0 radical (unpaired) electrons. The first-order chi connectivity index (χ1) is 14.9. The minimum atomic E-state index is -0.357. The Kier molecular flexibility index (Phi) is 8.12. The predicted octanol–water partition coefficient (Wildman–Crippen LogP) is 4.02. The molecule has 3 rings (SSSR count). The zero-order valence-corrected chi connectivity index (χ0v) is 18.2. The third-order valence-corrected chi connectivity index (χ3v) is 5.28. The van der Waals surface area contributed by atoms with E-state index in [9.17, 15) is 14.0 Å². The summed E-state index contributed by atoms with van der Waals surface area (Å²) in [7, 11) is 1.74. The Hall–Kier alpha value is -2.80. The zero-order chi connectivity index (χ0) is 22.2. The second-order valence-corrected chi connectivity index (χ2v) is 7.84. The van der Waals surface area contributed by atoms with Gasteiger partial charge in [-0.3, -0.25) is 9.59 Å². The Morgan fingerprint density at radius 3 is 2.58 bits per heavy atom. The molecule has 31 heavy (non-hydrogen) atoms. The van der Waals surface area contributed by atoms with Crippen LogP contribution in [0.25, 0.3) is 0 Å². The number of hydrogen-bond donors (Lipinski definition) is 0. The Morgan fingerprint density at radius 2 is 1.81 bits per heavy atom. The largest absolute Gasteiger partial charge is 0.493 e. The summed E-state index contributed by atoms with van der Waals surface area (Å²) in [4.78, 5) is 28.9. The maximum absolute atomic E-state index is 13.0. The second kappa shape index (κ2) is 11.0. The van der Waals surface area contributed by atoms with Gasteiger partial charge in [-0.05, 0) is 61.7 Å². The molecule has 2 aromatic rings. The summed E-state index contributed by atoms with van der Waals surface area (Å²) < 4.78 is 24.3. The predicted molar refractivity (Wildman–Crippen MR) is 116 cm³/mol. The van der Waals surface area contributed by atoms with Crippen molar-refractivity contribution in [2.24, 2.45) is 0 Å². The van der Waals surface area contributed by atoms with E-state index in [1.54, 1.807) is 35.0 Å². The number of amides is 2. The number of carbonyl (C=O) groups excluding carboxylic acids is 2. The fourth-order valence-electron chi connectivity index (χ4n) is 3.32. The monoisotopic (exact) mass is 448 g/mol. The van der Waals surface area contributed by atoms with Crippen LogP contribution >= 0.6 is 11.6 Å². The highest BCUT2D eigenvalue weighted by atomic mass is 35.5. The third kappa shape index (κ3) is 6.59. The van der Waals surface area contributed by atoms with Crippen LogP contribution in [0, 0.1) is 5.82 Å². The average molecular weight is 449 g/mol. The van der Waals surface area contributed by atoms with Crippen molar-refractivity contribution in [3.8, 4) is 11.5 Å². The first kappa shape index (κ1) is 22.9. The van der Waals surface area contributed by atoms with E-state index in [-0.39, 0.29) is 24.2 Å². The fourth-order valence-corrected chi connectivity index (χ4v) is 3.49. The Bertz CT molecular complexity index is 907. The summed E-state index contributed by atoms with van der Waals surface area (Å²) in [6, 6.07) is 10.6. The fraction of sp³-hybridized carbons (Fsp3) is 0.391. The van der Waals surface area contributed by atoms with E-state index in [2.05, 4.69) is 0 Å². The van der Waals surface area contributed by atoms with Crippen LogP contribution in [-0.2, 0) is 4.79 Å². The number of halogens is 2. The van der Waals surface area contributed by atoms with Gasteiger partial charge in [-0.1, -0.05) is 11.6 Å². The van der Waals surface area contributed by atoms with E-state index in [1.807, 2.05) is 0 Å². The number of fused-ring (bicyclic) bond motifs is 1. The average Bonchev–Trinajstić information content (AvgIpc) is 2.77. The van der Waals surface area contributed by atoms with Gasteiger partial charge in [0, 0.05) is 31.7 Å². The lowest BCUT2D eigenvalue weighted by atomic mass is 10.1. The molecule has 0 spiro atoms. The van der Waals surface area contributed by atoms with Gasteiger partial charge >= 0.3 is 0 Å². The lowest BCUT2D eigenvalue weighted by Gasteiger charge is -2.23. The molecule has 6 nitrogen and oxygen atoms in total. The standard InChI is InChI=1S/C23H26ClFN2O4/c1-26-11-2-3-12-27(22(28)16-31-19-8-6-18(25)7-9-19)13-4-14-30-21-10-5-17(24)15-20(21)23(26)29/h5-10,15H,2-4,11-14,16H2,1H3. The molecule has 0 aliphatic carbocycles. The van der Waals surface area contributed by atoms with Crippen molar-refractivity contribution in [3.05, 3.63) is 58.9 Å². The van der Waals surface area contributed by atoms with Crippen LogP contribution in [0.1, 0.15) is 29.6 Å². The van der Waals surface area contributed by atoms with Crippen LogP contribution < -0.4 is 9.47 Å². The molecular formula is C23H26ClFN2O4. The quantitative estimate of drug-likeness (QED) is 0.711. The molecule has 0 saturated heterocycles. The SMILES string of the molecule is CN1CCCCN(C(=O)COc2ccc(F)cc2)CCCOc2ccc(Cl)cc2C1=O. The minimum Gasteiger partial charge on any atom is -0.493 e. The van der Waals surface area contributed by atoms with E-state index >= 15 is 0 Å². The van der Waals surface area contributed by atoms with Gasteiger partial charge in [0.1, 0.15) is 17.3 Å². The normalized spacial score (nSPS) is 15.8. The molecular weight excluding hydrogens is 423 g/mol. The van der Waals surface area contributed by atoms with Crippen molar-refractivity contribution >= 4 is 23.4 Å². The molecule has 2 aromatic carbocycles. The van der Waals surface area contributed by atoms with Crippen LogP contribution in [0.2, 0.25) is 5.02 Å². The van der Waals surface area contributed by atoms with Gasteiger partial charge in [0.25, 0.3) is 11.8 Å². The summed E-state index contributed by atoms with van der Waals surface area (Å²) >= 11 is 6.08. The first-order valence-corrected chi connectivity index (χ1v) is 10.7. The lowest BCUT2D eigenvalue weighted by Crippen LogP contribution is -2.37. The van der Waals surface area contributed by atoms with E-state index in [0.29, 0.717) is 54.7 Å². The second-order valence-electron chi connectivity index (χ2n) is 7.40. The maximum atomic E-state index is 13.0. The smallest absolute Gasteiger partial charge is 0.260 e. The molecule has 1 heterocycles. The molecule has 0 unspecified atom stereocenters. The van der Waals surface area contributed by atoms with E-state index in [0.717, 1.165) is 12.8 Å². The number of benzene rings is 2. The van der Waals surface area contributed by atoms with Crippen LogP contribution in [0.15, 0.2) is 42.5 Å². The highest BCUT2D eigenvalue weighted by Gasteiger charge is 2.19. The van der Waals surface area contributed by atoms with E-state index < -0.39 is 0 Å². The third-order valence-electron chi connectivity index (χ3n) is 5.05. The van der Waals surface area contributed by atoms with Gasteiger partial charge in [-0.15, -0.1) is 0 Å². The zero-order valence-electron chi connectivity index (χ0n) is 17.5. The minimum absolute atomic E-state index is 0.119. The van der Waals surface area contributed by atoms with Crippen LogP contribution in [0.4, 0.5) is 4.39 Å². The van der Waals surface area contributed by atoms with E-state index in [1.165, 1.54) is 24.3 Å². The van der Waals surface area contributed by atoms with Crippen molar-refractivity contribution < 1.29 is 23.5 Å². The molecule has 0 bridgehead atoms. The van der Waals surface area contributed by atoms with Gasteiger partial charge in [0.2, 0.25) is 0 Å². The van der Waals surface area contributed by atoms with Crippen LogP contribution in [-0.4, -0.2) is 61.5 Å². The molecule has 0 atom stereocenters. The molecule has 1 aliphatic heterocycles. The van der Waals surface area contributed by atoms with Gasteiger partial charge in [-0.25, -0.2) is 4.39 Å². The number of nitrogens with zero attached hydrogens (tertiary/aromatic N) is 2. The van der Waals surface area contributed by atoms with Gasteiger partial charge < -0.3 is 19.3 Å². The molecule has 0 N–H and O–H groups in total. The summed E-state index contributed by atoms with van der Waals surface area (Å²) in [6.45, 7) is 1.87. The molecule has 166 valence electrons. The Balaban J connectivity index is 1.63. The molecule has 0 fully saturated rings. The lowest BCUT2D eigenvalue weighted by molar-refractivity contribution is -0.133. The summed E-state index contributed by atoms with van der Waals surface area (Å²) in [5, 5.41) is 0.478. The topological polar surface area (TPSA) is 59.1 Å². The van der Waals surface area contributed by atoms with Crippen molar-refractivity contribution in [2.75, 3.05) is 39.9 Å². The molecule has 0 saturated carbocycles. The number of hydrogen-bond acceptors (Lipinski definition) is 4. The van der Waals surface area contributed by atoms with Crippen LogP contribution in [0.3, 0.4) is 0 Å². The number of carbonyl (C=O) groups is 2. The van der Waals surface area contributed by atoms with Gasteiger partial charge in [-0.2, -0.15) is 0 Å². The molecule has 1 aliphatic rings. The summed E-state index contributed by atoms with van der Waals surface area (Å²) in [5.41, 5.74) is 0.440. The van der Waals surface area contributed by atoms with Crippen molar-refractivity contribution in [1.29, 1.82) is 0 Å². The Labute approximate surface area is 186 Å². The first-order valence-electron chi connectivity index (χ1n) is 10.3. The number of ether oxygens (including phenoxy) is 2. The molecule has 2 amide bonds. The van der Waals surface area contributed by atoms with Crippen LogP contribution in [0.5, 0.6) is 11.5 Å². The molecule has 8 heteroatoms. The summed E-state index contributed by atoms with van der Waals surface area (Å²) in [6.07, 6.45) is 2.11. The molecule has 0 aromatic heterocycles. The van der Waals surface area contributed by atoms with Gasteiger partial charge in [0.15, 0.2) is 6.61 Å². The maximum Gasteiger partial charge on any atom is 0.260 e. The van der Waals surface area contributed by atoms with E-state index in [4.69, 9.17) is 21.1 Å². The highest BCUT2D eigenvalue weighted by molar-refractivity contribution is 6.31. The van der Waals surface area contributed by atoms with Crippen molar-refractivity contribution in [2.45, 2.75) is 19.3 Å². The van der Waals surface area contributed by atoms with Crippen molar-refractivity contribution in [3.63, 3.8) is 0 Å². The van der Waals surface area contributed by atoms with Crippen molar-refractivity contribution in [1.82, 2.24) is 9.80 Å². The van der Waals surface area contributed by atoms with Gasteiger partial charge in [0.05, 0.1) is 12.2 Å². The summed E-state index contributed by atoms with van der Waals surface area (Å²) in [5.74, 6) is 0.287. The number of rotatable bonds is 3.